The molecule has 2 aromatic carbocycles. The Balaban J connectivity index is 1.96. The van der Waals surface area contributed by atoms with Crippen molar-refractivity contribution >= 4 is 91.3 Å². The first-order valence-corrected chi connectivity index (χ1v) is 15.8. The van der Waals surface area contributed by atoms with E-state index < -0.39 is 11.6 Å². The topological polar surface area (TPSA) is 50.0 Å². The molecule has 1 unspecified atom stereocenters. The first-order valence-electron chi connectivity index (χ1n) is 7.58. The predicted molar refractivity (Wildman–Crippen MR) is 135 cm³/mol. The molecule has 0 spiro atoms. The zero-order valence-electron chi connectivity index (χ0n) is 13.8. The molecule has 0 bridgehead atoms. The average Bonchev–Trinajstić information content (AvgIpc) is 3.09. The second kappa shape index (κ2) is 10.1. The molecule has 2 N–H and O–H groups in total. The Morgan fingerprint density at radius 2 is 2.07 bits per heavy atom. The summed E-state index contributed by atoms with van der Waals surface area (Å²) in [6.07, 6.45) is 5.33. The van der Waals surface area contributed by atoms with E-state index in [-0.39, 0.29) is 22.8 Å². The first kappa shape index (κ1) is 22.3. The second-order valence-corrected chi connectivity index (χ2v) is 9.98. The summed E-state index contributed by atoms with van der Waals surface area (Å²) in [5.41, 5.74) is 0.764. The van der Waals surface area contributed by atoms with Crippen LogP contribution >= 0.6 is 74.7 Å². The van der Waals surface area contributed by atoms with Gasteiger partial charge in [0.1, 0.15) is 11.6 Å². The van der Waals surface area contributed by atoms with Crippen LogP contribution in [0.3, 0.4) is 0 Å². The molecular weight excluding hydrogens is 697 g/mol. The van der Waals surface area contributed by atoms with E-state index in [1.165, 1.54) is 39.5 Å². The van der Waals surface area contributed by atoms with Crippen molar-refractivity contribution in [3.8, 4) is 11.5 Å². The number of nitrogens with one attached hydrogen (secondary N) is 2. The van der Waals surface area contributed by atoms with Gasteiger partial charge in [0.15, 0.2) is 11.6 Å². The molecule has 0 fully saturated rings. The number of aromatic nitrogens is 1. The smallest absolute Gasteiger partial charge is 0.177 e. The number of ether oxygens (including phenoxy) is 1. The normalized spacial score (nSPS) is 11.8. The Labute approximate surface area is 199 Å². The van der Waals surface area contributed by atoms with Crippen LogP contribution < -0.4 is 9.82 Å². The fourth-order valence-corrected chi connectivity index (χ4v) is 5.11. The lowest BCUT2D eigenvalue weighted by Gasteiger charge is -2.12. The van der Waals surface area contributed by atoms with Gasteiger partial charge in [0.05, 0.1) is 15.7 Å². The van der Waals surface area contributed by atoms with Crippen LogP contribution in [0.2, 0.25) is 0 Å². The predicted octanol–water partition coefficient (Wildman–Crippen LogP) is 7.74. The number of allylic oxidation sites excluding steroid dienone is 1. The maximum atomic E-state index is 14.7. The Kier molecular flexibility index (Phi) is 7.99. The molecular formula is C17H11BrF2I2N3OPS. The molecule has 11 heteroatoms. The number of hydrogen-bond acceptors (Lipinski definition) is 4. The molecule has 4 nitrogen and oxygen atoms in total. The van der Waals surface area contributed by atoms with E-state index in [1.807, 2.05) is 16.2 Å². The van der Waals surface area contributed by atoms with Crippen LogP contribution in [0.1, 0.15) is 5.56 Å². The summed E-state index contributed by atoms with van der Waals surface area (Å²) in [6.45, 7) is 0. The largest absolute Gasteiger partial charge is 0.453 e. The molecule has 28 heavy (non-hydrogen) atoms. The molecule has 1 aromatic heterocycles. The average molecular weight is 708 g/mol. The van der Waals surface area contributed by atoms with Gasteiger partial charge in [-0.1, -0.05) is 0 Å². The molecule has 146 valence electrons. The van der Waals surface area contributed by atoms with Gasteiger partial charge in [0.25, 0.3) is 0 Å². The summed E-state index contributed by atoms with van der Waals surface area (Å²) in [7, 11) is 1.43. The van der Waals surface area contributed by atoms with E-state index in [0.29, 0.717) is 16.4 Å². The third-order valence-corrected chi connectivity index (χ3v) is 7.45. The highest BCUT2D eigenvalue weighted by atomic mass is 127. The Morgan fingerprint density at radius 1 is 1.29 bits per heavy atom. The Hall–Kier alpha value is -0.430. The molecule has 0 radical (unpaired) electrons. The van der Waals surface area contributed by atoms with Gasteiger partial charge < -0.3 is 15.2 Å². The van der Waals surface area contributed by atoms with Crippen molar-refractivity contribution in [3.63, 3.8) is 0 Å². The zero-order valence-corrected chi connectivity index (χ0v) is 21.5. The van der Waals surface area contributed by atoms with E-state index in [9.17, 15) is 8.78 Å². The summed E-state index contributed by atoms with van der Waals surface area (Å²) in [6, 6.07) is 7.24. The van der Waals surface area contributed by atoms with E-state index >= 15 is 0 Å². The first-order chi connectivity index (χ1) is 13.5. The zero-order chi connectivity index (χ0) is 20.3. The summed E-state index contributed by atoms with van der Waals surface area (Å²) < 4.78 is 36.9. The minimum absolute atomic E-state index is 0.0103. The fraction of sp³-hybridized carbons (Fsp3) is 0. The van der Waals surface area contributed by atoms with E-state index in [0.717, 1.165) is 5.39 Å². The monoisotopic (exact) mass is 707 g/mol. The molecule has 3 aromatic rings. The van der Waals surface area contributed by atoms with Crippen molar-refractivity contribution < 1.29 is 13.5 Å². The van der Waals surface area contributed by atoms with Gasteiger partial charge in [0.2, 0.25) is 0 Å². The van der Waals surface area contributed by atoms with Crippen molar-refractivity contribution in [2.75, 3.05) is 0 Å². The van der Waals surface area contributed by atoms with Gasteiger partial charge in [-0.15, -0.1) is 0 Å². The molecule has 1 heterocycles. The van der Waals surface area contributed by atoms with Crippen LogP contribution in [0.4, 0.5) is 8.78 Å². The third kappa shape index (κ3) is 4.82. The lowest BCUT2D eigenvalue weighted by molar-refractivity contribution is 0.439. The van der Waals surface area contributed by atoms with Crippen molar-refractivity contribution in [1.29, 1.82) is 5.41 Å². The highest BCUT2D eigenvalue weighted by Gasteiger charge is 2.17. The molecule has 0 saturated heterocycles. The Morgan fingerprint density at radius 3 is 2.79 bits per heavy atom. The maximum absolute atomic E-state index is 14.7. The van der Waals surface area contributed by atoms with Crippen molar-refractivity contribution in [2.24, 2.45) is 0 Å². The number of halogens is 5. The third-order valence-electron chi connectivity index (χ3n) is 3.72. The summed E-state index contributed by atoms with van der Waals surface area (Å²) in [4.78, 5) is 0. The van der Waals surface area contributed by atoms with Gasteiger partial charge in [-0.3, -0.25) is 3.97 Å². The molecule has 0 saturated carbocycles. The Bertz CT molecular complexity index is 1080. The lowest BCUT2D eigenvalue weighted by Crippen LogP contribution is -2.01. The van der Waals surface area contributed by atoms with Crippen molar-refractivity contribution in [3.05, 3.63) is 70.5 Å². The number of nitrogens with zero attached hydrogens (tertiary/aromatic N) is 1. The second-order valence-electron chi connectivity index (χ2n) is 5.37. The SMILES string of the molecule is N=C(/C=C\NPI)c1cc(Oc2c(F)cc3c(ccn3SI)c2Br)ccc1F. The number of rotatable bonds is 7. The van der Waals surface area contributed by atoms with E-state index in [2.05, 4.69) is 64.3 Å². The van der Waals surface area contributed by atoms with Crippen LogP contribution in [-0.4, -0.2) is 9.68 Å². The van der Waals surface area contributed by atoms with E-state index in [4.69, 9.17) is 10.1 Å². The van der Waals surface area contributed by atoms with Crippen LogP contribution in [-0.2, 0) is 0 Å². The van der Waals surface area contributed by atoms with Gasteiger partial charge in [-0.25, -0.2) is 8.78 Å². The van der Waals surface area contributed by atoms with Crippen LogP contribution in [0, 0.1) is 17.0 Å². The molecule has 0 aliphatic carbocycles. The highest BCUT2D eigenvalue weighted by Crippen LogP contribution is 2.40. The summed E-state index contributed by atoms with van der Waals surface area (Å²) in [5.74, 6) is -0.848. The van der Waals surface area contributed by atoms with Crippen molar-refractivity contribution in [2.45, 2.75) is 0 Å². The van der Waals surface area contributed by atoms with Crippen LogP contribution in [0.5, 0.6) is 11.5 Å². The maximum Gasteiger partial charge on any atom is 0.177 e. The van der Waals surface area contributed by atoms with Gasteiger partial charge in [0, 0.05) is 66.1 Å². The van der Waals surface area contributed by atoms with Gasteiger partial charge in [-0.05, 0) is 68.3 Å². The molecule has 1 atom stereocenters. The van der Waals surface area contributed by atoms with Crippen molar-refractivity contribution in [1.82, 2.24) is 9.06 Å². The summed E-state index contributed by atoms with van der Waals surface area (Å²) >= 11 is 7.68. The number of fused-ring (bicyclic) bond motifs is 1. The van der Waals surface area contributed by atoms with Crippen LogP contribution in [0.15, 0.2) is 53.3 Å². The summed E-state index contributed by atoms with van der Waals surface area (Å²) in [5, 5.41) is 11.8. The van der Waals surface area contributed by atoms with E-state index in [1.54, 1.807) is 6.20 Å². The minimum Gasteiger partial charge on any atom is -0.453 e. The standard InChI is InChI=1S/C17H11BrF2I2N3OPS/c18-16-10-4-6-25(28-22)15(10)8-13(20)17(16)26-9-1-2-12(19)11(7-9)14(23)3-5-24-27-21/h1-8,23-24,27H/b5-3-,23-14?. The number of hydrogen-bond donors (Lipinski definition) is 2. The lowest BCUT2D eigenvalue weighted by atomic mass is 10.1. The highest BCUT2D eigenvalue weighted by molar-refractivity contribution is 14.2. The molecule has 0 aliphatic rings. The molecule has 3 rings (SSSR count). The van der Waals surface area contributed by atoms with Gasteiger partial charge >= 0.3 is 0 Å². The van der Waals surface area contributed by atoms with Crippen LogP contribution in [0.25, 0.3) is 10.9 Å². The van der Waals surface area contributed by atoms with Gasteiger partial charge in [-0.2, -0.15) is 0 Å². The molecule has 0 amide bonds. The fourth-order valence-electron chi connectivity index (χ4n) is 2.46. The number of benzene rings is 2. The molecule has 0 aliphatic heterocycles. The quantitative estimate of drug-likeness (QED) is 0.150. The minimum atomic E-state index is -0.551.